The lowest BCUT2D eigenvalue weighted by molar-refractivity contribution is -0.141. The van der Waals surface area contributed by atoms with E-state index in [1.807, 2.05) is 39.1 Å². The Morgan fingerprint density at radius 2 is 1.81 bits per heavy atom. The maximum atomic E-state index is 13.3. The molecule has 0 saturated carbocycles. The van der Waals surface area contributed by atoms with Gasteiger partial charge in [0.1, 0.15) is 5.69 Å². The minimum absolute atomic E-state index is 0.0131. The highest BCUT2D eigenvalue weighted by molar-refractivity contribution is 5.44. The molecule has 2 aromatic rings. The van der Waals surface area contributed by atoms with Crippen LogP contribution in [-0.4, -0.2) is 55.8 Å². The molecule has 1 fully saturated rings. The molecule has 0 spiro atoms. The molecular formula is C22H29F3N4O2. The fraction of sp³-hybridized carbons (Fsp3) is 0.545. The smallest absolute Gasteiger partial charge is 0.433 e. The van der Waals surface area contributed by atoms with Gasteiger partial charge < -0.3 is 19.7 Å². The third-order valence-electron chi connectivity index (χ3n) is 5.61. The van der Waals surface area contributed by atoms with Gasteiger partial charge in [-0.05, 0) is 42.6 Å². The Balaban J connectivity index is 1.81. The van der Waals surface area contributed by atoms with Crippen LogP contribution in [0.3, 0.4) is 0 Å². The molecule has 31 heavy (non-hydrogen) atoms. The summed E-state index contributed by atoms with van der Waals surface area (Å²) in [6.45, 7) is 5.73. The minimum Gasteiger partial charge on any atom is -0.493 e. The number of methoxy groups -OCH3 is 2. The number of alkyl halides is 3. The Kier molecular flexibility index (Phi) is 6.93. The Morgan fingerprint density at radius 3 is 2.42 bits per heavy atom. The van der Waals surface area contributed by atoms with Crippen LogP contribution in [0.1, 0.15) is 42.6 Å². The molecule has 3 rings (SSSR count). The van der Waals surface area contributed by atoms with Gasteiger partial charge in [-0.25, -0.2) is 9.97 Å². The van der Waals surface area contributed by atoms with E-state index < -0.39 is 11.9 Å². The number of benzene rings is 1. The number of likely N-dealkylation sites (tertiary alicyclic amines) is 1. The van der Waals surface area contributed by atoms with Gasteiger partial charge in [-0.2, -0.15) is 13.2 Å². The number of rotatable bonds is 7. The van der Waals surface area contributed by atoms with Crippen molar-refractivity contribution in [1.29, 1.82) is 0 Å². The lowest BCUT2D eigenvalue weighted by atomic mass is 9.88. The van der Waals surface area contributed by atoms with Crippen LogP contribution in [0.5, 0.6) is 11.5 Å². The van der Waals surface area contributed by atoms with E-state index in [0.717, 1.165) is 24.7 Å². The van der Waals surface area contributed by atoms with Crippen molar-refractivity contribution in [2.24, 2.45) is 5.92 Å². The van der Waals surface area contributed by atoms with E-state index >= 15 is 0 Å². The Labute approximate surface area is 180 Å². The van der Waals surface area contributed by atoms with Crippen molar-refractivity contribution in [2.45, 2.75) is 31.9 Å². The van der Waals surface area contributed by atoms with Gasteiger partial charge in [0, 0.05) is 31.2 Å². The number of halogens is 3. The highest BCUT2D eigenvalue weighted by Crippen LogP contribution is 2.37. The van der Waals surface area contributed by atoms with Crippen LogP contribution >= 0.6 is 0 Å². The average molecular weight is 438 g/mol. The molecule has 0 aliphatic carbocycles. The van der Waals surface area contributed by atoms with Gasteiger partial charge >= 0.3 is 6.18 Å². The molecule has 1 aromatic carbocycles. The normalized spacial score (nSPS) is 19.6. The van der Waals surface area contributed by atoms with E-state index in [4.69, 9.17) is 9.47 Å². The summed E-state index contributed by atoms with van der Waals surface area (Å²) < 4.78 is 50.6. The second kappa shape index (κ2) is 9.30. The van der Waals surface area contributed by atoms with E-state index in [1.165, 1.54) is 0 Å². The van der Waals surface area contributed by atoms with Crippen molar-refractivity contribution < 1.29 is 22.6 Å². The van der Waals surface area contributed by atoms with Gasteiger partial charge in [-0.1, -0.05) is 19.9 Å². The van der Waals surface area contributed by atoms with Crippen molar-refractivity contribution in [3.05, 3.63) is 41.2 Å². The summed E-state index contributed by atoms with van der Waals surface area (Å²) >= 11 is 0. The predicted octanol–water partition coefficient (Wildman–Crippen LogP) is 4.39. The first kappa shape index (κ1) is 23.1. The predicted molar refractivity (Wildman–Crippen MR) is 113 cm³/mol. The SMILES string of the molecule is COc1ccc([C@H]2CN(C)C[C@@H]2CNc2nc(C(C)C)cc(C(F)(F)F)n2)cc1OC. The first-order valence-corrected chi connectivity index (χ1v) is 10.2. The fourth-order valence-corrected chi connectivity index (χ4v) is 3.96. The van der Waals surface area contributed by atoms with Gasteiger partial charge in [-0.15, -0.1) is 0 Å². The number of likely N-dealkylation sites (N-methyl/N-ethyl adjacent to an activating group) is 1. The first-order chi connectivity index (χ1) is 14.6. The van der Waals surface area contributed by atoms with Crippen LogP contribution in [0, 0.1) is 5.92 Å². The topological polar surface area (TPSA) is 59.5 Å². The van der Waals surface area contributed by atoms with Crippen LogP contribution in [0.2, 0.25) is 0 Å². The second-order valence-electron chi connectivity index (χ2n) is 8.24. The van der Waals surface area contributed by atoms with Crippen molar-refractivity contribution in [3.8, 4) is 11.5 Å². The summed E-state index contributed by atoms with van der Waals surface area (Å²) in [5, 5.41) is 3.06. The lowest BCUT2D eigenvalue weighted by Gasteiger charge is -2.21. The molecular weight excluding hydrogens is 409 g/mol. The summed E-state index contributed by atoms with van der Waals surface area (Å²) in [5.74, 6) is 1.55. The van der Waals surface area contributed by atoms with Gasteiger partial charge in [0.25, 0.3) is 0 Å². The van der Waals surface area contributed by atoms with Gasteiger partial charge in [0.05, 0.1) is 14.2 Å². The number of aromatic nitrogens is 2. The fourth-order valence-electron chi connectivity index (χ4n) is 3.96. The number of nitrogens with one attached hydrogen (secondary N) is 1. The van der Waals surface area contributed by atoms with E-state index in [0.29, 0.717) is 23.7 Å². The monoisotopic (exact) mass is 438 g/mol. The van der Waals surface area contributed by atoms with Gasteiger partial charge in [-0.3, -0.25) is 0 Å². The van der Waals surface area contributed by atoms with Crippen LogP contribution in [0.25, 0.3) is 0 Å². The van der Waals surface area contributed by atoms with E-state index in [9.17, 15) is 13.2 Å². The Morgan fingerprint density at radius 1 is 1.10 bits per heavy atom. The molecule has 2 atom stereocenters. The maximum Gasteiger partial charge on any atom is 0.433 e. The zero-order valence-electron chi connectivity index (χ0n) is 18.5. The molecule has 0 radical (unpaired) electrons. The van der Waals surface area contributed by atoms with Gasteiger partial charge in [0.15, 0.2) is 11.5 Å². The summed E-state index contributed by atoms with van der Waals surface area (Å²) in [6, 6.07) is 6.87. The number of hydrogen-bond donors (Lipinski definition) is 1. The van der Waals surface area contributed by atoms with Crippen molar-refractivity contribution in [2.75, 3.05) is 46.2 Å². The van der Waals surface area contributed by atoms with Crippen LogP contribution in [0.4, 0.5) is 19.1 Å². The van der Waals surface area contributed by atoms with Crippen LogP contribution < -0.4 is 14.8 Å². The summed E-state index contributed by atoms with van der Waals surface area (Å²) in [7, 11) is 5.22. The number of ether oxygens (including phenoxy) is 2. The zero-order valence-corrected chi connectivity index (χ0v) is 18.5. The molecule has 2 heterocycles. The van der Waals surface area contributed by atoms with E-state index in [-0.39, 0.29) is 23.7 Å². The number of hydrogen-bond acceptors (Lipinski definition) is 6. The number of nitrogens with zero attached hydrogens (tertiary/aromatic N) is 3. The highest BCUT2D eigenvalue weighted by Gasteiger charge is 2.35. The molecule has 0 amide bonds. The first-order valence-electron chi connectivity index (χ1n) is 10.2. The standard InChI is InChI=1S/C22H29F3N4O2/c1-13(2)17-9-20(22(23,24)25)28-21(27-17)26-10-15-11-29(3)12-16(15)14-6-7-18(30-4)19(8-14)31-5/h6-9,13,15-16H,10-12H2,1-5H3,(H,26,27,28)/t15-,16+/m0/s1. The van der Waals surface area contributed by atoms with Crippen molar-refractivity contribution in [3.63, 3.8) is 0 Å². The molecule has 1 saturated heterocycles. The summed E-state index contributed by atoms with van der Waals surface area (Å²) in [6.07, 6.45) is -4.52. The van der Waals surface area contributed by atoms with Gasteiger partial charge in [0.2, 0.25) is 5.95 Å². The summed E-state index contributed by atoms with van der Waals surface area (Å²) in [4.78, 5) is 10.2. The molecule has 0 bridgehead atoms. The second-order valence-corrected chi connectivity index (χ2v) is 8.24. The summed E-state index contributed by atoms with van der Waals surface area (Å²) in [5.41, 5.74) is 0.542. The molecule has 1 N–H and O–H groups in total. The molecule has 1 aliphatic rings. The maximum absolute atomic E-state index is 13.3. The van der Waals surface area contributed by atoms with E-state index in [2.05, 4.69) is 20.2 Å². The van der Waals surface area contributed by atoms with Crippen molar-refractivity contribution in [1.82, 2.24) is 14.9 Å². The molecule has 6 nitrogen and oxygen atoms in total. The largest absolute Gasteiger partial charge is 0.493 e. The molecule has 9 heteroatoms. The molecule has 1 aromatic heterocycles. The quantitative estimate of drug-likeness (QED) is 0.692. The molecule has 170 valence electrons. The van der Waals surface area contributed by atoms with Crippen LogP contribution in [0.15, 0.2) is 24.3 Å². The minimum atomic E-state index is -4.52. The molecule has 1 aliphatic heterocycles. The third kappa shape index (κ3) is 5.39. The lowest BCUT2D eigenvalue weighted by Crippen LogP contribution is -2.23. The van der Waals surface area contributed by atoms with Crippen molar-refractivity contribution >= 4 is 5.95 Å². The third-order valence-corrected chi connectivity index (χ3v) is 5.61. The van der Waals surface area contributed by atoms with Crippen LogP contribution in [-0.2, 0) is 6.18 Å². The zero-order chi connectivity index (χ0) is 22.8. The highest BCUT2D eigenvalue weighted by atomic mass is 19.4. The average Bonchev–Trinajstić information content (AvgIpc) is 3.11. The number of anilines is 1. The molecule has 0 unspecified atom stereocenters. The van der Waals surface area contributed by atoms with E-state index in [1.54, 1.807) is 14.2 Å². The Hall–Kier alpha value is -2.55. The Bertz CT molecular complexity index is 905.